The molecule has 0 rings (SSSR count). The van der Waals surface area contributed by atoms with Crippen molar-refractivity contribution in [2.24, 2.45) is 10.8 Å². The highest BCUT2D eigenvalue weighted by atomic mass is 15.5. The van der Waals surface area contributed by atoms with Crippen molar-refractivity contribution < 1.29 is 0 Å². The van der Waals surface area contributed by atoms with E-state index < -0.39 is 0 Å². The first-order chi connectivity index (χ1) is 4.95. The predicted octanol–water partition coefficient (Wildman–Crippen LogP) is 1.40. The van der Waals surface area contributed by atoms with Gasteiger partial charge in [-0.15, -0.1) is 0 Å². The summed E-state index contributed by atoms with van der Waals surface area (Å²) in [6, 6.07) is 0.821. The molecular weight excluding hydrogens is 138 g/mol. The van der Waals surface area contributed by atoms with E-state index in [1.165, 1.54) is 0 Å². The number of amidine groups is 1. The van der Waals surface area contributed by atoms with Gasteiger partial charge < -0.3 is 5.73 Å². The molecule has 0 saturated carbocycles. The highest BCUT2D eigenvalue weighted by Gasteiger charge is 2.09. The Morgan fingerprint density at radius 1 is 1.18 bits per heavy atom. The Hall–Kier alpha value is -0.730. The number of hydrogen-bond acceptors (Lipinski definition) is 2. The van der Waals surface area contributed by atoms with E-state index in [-0.39, 0.29) is 0 Å². The summed E-state index contributed by atoms with van der Waals surface area (Å²) in [7, 11) is 0. The molecule has 0 amide bonds. The standard InChI is InChI=1S/C8H19N3/c1-6(2)11(7(3)4)10-8(5)9/h6-7H,1-5H3,(H2,9,10). The summed E-state index contributed by atoms with van der Waals surface area (Å²) < 4.78 is 0. The highest BCUT2D eigenvalue weighted by Crippen LogP contribution is 2.04. The summed E-state index contributed by atoms with van der Waals surface area (Å²) in [5, 5.41) is 6.20. The van der Waals surface area contributed by atoms with Gasteiger partial charge in [-0.3, -0.25) is 5.01 Å². The molecule has 0 atom stereocenters. The number of hydrazone groups is 1. The van der Waals surface area contributed by atoms with Crippen molar-refractivity contribution in [2.75, 3.05) is 0 Å². The zero-order valence-electron chi connectivity index (χ0n) is 8.13. The quantitative estimate of drug-likeness (QED) is 0.382. The van der Waals surface area contributed by atoms with Crippen LogP contribution in [0.15, 0.2) is 5.10 Å². The van der Waals surface area contributed by atoms with E-state index in [0.29, 0.717) is 17.9 Å². The summed E-state index contributed by atoms with van der Waals surface area (Å²) in [6.45, 7) is 10.2. The van der Waals surface area contributed by atoms with Crippen molar-refractivity contribution in [2.45, 2.75) is 46.7 Å². The van der Waals surface area contributed by atoms with E-state index in [1.807, 2.05) is 5.01 Å². The van der Waals surface area contributed by atoms with Gasteiger partial charge in [-0.25, -0.2) is 0 Å². The molecule has 0 unspecified atom stereocenters. The van der Waals surface area contributed by atoms with Crippen LogP contribution in [-0.4, -0.2) is 22.9 Å². The average Bonchev–Trinajstić information content (AvgIpc) is 1.81. The normalized spacial score (nSPS) is 12.8. The SMILES string of the molecule is CC(N)=NN(C(C)C)C(C)C. The molecule has 0 bridgehead atoms. The van der Waals surface area contributed by atoms with Crippen molar-refractivity contribution in [1.29, 1.82) is 0 Å². The fourth-order valence-corrected chi connectivity index (χ4v) is 1.01. The summed E-state index contributed by atoms with van der Waals surface area (Å²) >= 11 is 0. The first kappa shape index (κ1) is 10.3. The van der Waals surface area contributed by atoms with E-state index >= 15 is 0 Å². The number of hydrogen-bond donors (Lipinski definition) is 1. The lowest BCUT2D eigenvalue weighted by molar-refractivity contribution is 0.183. The Balaban J connectivity index is 4.24. The third-order valence-electron chi connectivity index (χ3n) is 1.33. The van der Waals surface area contributed by atoms with Crippen LogP contribution in [0.25, 0.3) is 0 Å². The van der Waals surface area contributed by atoms with Crippen molar-refractivity contribution >= 4 is 5.84 Å². The summed E-state index contributed by atoms with van der Waals surface area (Å²) in [4.78, 5) is 0. The van der Waals surface area contributed by atoms with Crippen LogP contribution >= 0.6 is 0 Å². The maximum Gasteiger partial charge on any atom is 0.116 e. The molecule has 0 fully saturated rings. The maximum atomic E-state index is 5.48. The lowest BCUT2D eigenvalue weighted by atomic mass is 10.3. The molecule has 3 nitrogen and oxygen atoms in total. The van der Waals surface area contributed by atoms with Gasteiger partial charge in [0.15, 0.2) is 0 Å². The topological polar surface area (TPSA) is 41.6 Å². The Morgan fingerprint density at radius 2 is 1.55 bits per heavy atom. The second-order valence-corrected chi connectivity index (χ2v) is 3.31. The van der Waals surface area contributed by atoms with Crippen LogP contribution < -0.4 is 5.73 Å². The first-order valence-corrected chi connectivity index (χ1v) is 4.04. The van der Waals surface area contributed by atoms with Gasteiger partial charge in [-0.05, 0) is 34.6 Å². The molecule has 0 saturated heterocycles. The predicted molar refractivity (Wildman–Crippen MR) is 49.4 cm³/mol. The number of nitrogens with two attached hydrogens (primary N) is 1. The molecule has 66 valence electrons. The van der Waals surface area contributed by atoms with Crippen molar-refractivity contribution in [3.8, 4) is 0 Å². The number of rotatable bonds is 3. The summed E-state index contributed by atoms with van der Waals surface area (Å²) in [5.41, 5.74) is 5.48. The molecule has 3 heteroatoms. The van der Waals surface area contributed by atoms with Crippen LogP contribution in [0, 0.1) is 0 Å². The molecule has 0 radical (unpaired) electrons. The lowest BCUT2D eigenvalue weighted by Crippen LogP contribution is -2.34. The molecule has 0 aliphatic rings. The van der Waals surface area contributed by atoms with E-state index in [2.05, 4.69) is 32.8 Å². The van der Waals surface area contributed by atoms with Gasteiger partial charge in [0.2, 0.25) is 0 Å². The lowest BCUT2D eigenvalue weighted by Gasteiger charge is -2.27. The van der Waals surface area contributed by atoms with Crippen LogP contribution in [0.5, 0.6) is 0 Å². The van der Waals surface area contributed by atoms with Gasteiger partial charge in [0.1, 0.15) is 5.84 Å². The van der Waals surface area contributed by atoms with E-state index in [4.69, 9.17) is 5.73 Å². The van der Waals surface area contributed by atoms with Gasteiger partial charge in [0.05, 0.1) is 0 Å². The van der Waals surface area contributed by atoms with Gasteiger partial charge in [0, 0.05) is 12.1 Å². The number of nitrogens with zero attached hydrogens (tertiary/aromatic N) is 2. The van der Waals surface area contributed by atoms with E-state index in [1.54, 1.807) is 6.92 Å². The summed E-state index contributed by atoms with van der Waals surface area (Å²) in [5.74, 6) is 0.618. The van der Waals surface area contributed by atoms with Crippen molar-refractivity contribution in [3.05, 3.63) is 0 Å². The largest absolute Gasteiger partial charge is 0.386 e. The third-order valence-corrected chi connectivity index (χ3v) is 1.33. The fourth-order valence-electron chi connectivity index (χ4n) is 1.01. The Morgan fingerprint density at radius 3 is 1.64 bits per heavy atom. The van der Waals surface area contributed by atoms with Crippen LogP contribution in [0.4, 0.5) is 0 Å². The van der Waals surface area contributed by atoms with Crippen LogP contribution in [0.2, 0.25) is 0 Å². The van der Waals surface area contributed by atoms with Gasteiger partial charge in [-0.2, -0.15) is 5.10 Å². The minimum Gasteiger partial charge on any atom is -0.386 e. The molecule has 0 spiro atoms. The smallest absolute Gasteiger partial charge is 0.116 e. The molecular formula is C8H19N3. The van der Waals surface area contributed by atoms with E-state index in [9.17, 15) is 0 Å². The molecule has 11 heavy (non-hydrogen) atoms. The zero-order chi connectivity index (χ0) is 9.02. The van der Waals surface area contributed by atoms with Gasteiger partial charge in [-0.1, -0.05) is 0 Å². The van der Waals surface area contributed by atoms with Crippen LogP contribution in [0.3, 0.4) is 0 Å². The Labute approximate surface area is 69.3 Å². The minimum atomic E-state index is 0.411. The molecule has 2 N–H and O–H groups in total. The third kappa shape index (κ3) is 3.86. The fraction of sp³-hybridized carbons (Fsp3) is 0.875. The Kier molecular flexibility index (Phi) is 3.93. The second kappa shape index (κ2) is 4.21. The molecule has 0 aromatic rings. The molecule has 0 heterocycles. The van der Waals surface area contributed by atoms with E-state index in [0.717, 1.165) is 0 Å². The summed E-state index contributed by atoms with van der Waals surface area (Å²) in [6.07, 6.45) is 0. The van der Waals surface area contributed by atoms with Gasteiger partial charge in [0.25, 0.3) is 0 Å². The zero-order valence-corrected chi connectivity index (χ0v) is 8.13. The monoisotopic (exact) mass is 157 g/mol. The highest BCUT2D eigenvalue weighted by molar-refractivity contribution is 5.77. The van der Waals surface area contributed by atoms with Crippen LogP contribution in [0.1, 0.15) is 34.6 Å². The minimum absolute atomic E-state index is 0.411. The maximum absolute atomic E-state index is 5.48. The molecule has 0 aliphatic carbocycles. The molecule has 0 aliphatic heterocycles. The van der Waals surface area contributed by atoms with Crippen molar-refractivity contribution in [3.63, 3.8) is 0 Å². The molecule has 0 aromatic heterocycles. The average molecular weight is 157 g/mol. The van der Waals surface area contributed by atoms with Gasteiger partial charge >= 0.3 is 0 Å². The first-order valence-electron chi connectivity index (χ1n) is 4.04. The van der Waals surface area contributed by atoms with Crippen LogP contribution in [-0.2, 0) is 0 Å². The second-order valence-electron chi connectivity index (χ2n) is 3.31. The molecule has 0 aromatic carbocycles. The Bertz CT molecular complexity index is 126. The van der Waals surface area contributed by atoms with Crippen molar-refractivity contribution in [1.82, 2.24) is 5.01 Å².